The minimum atomic E-state index is 0.0798. The summed E-state index contributed by atoms with van der Waals surface area (Å²) in [6, 6.07) is 4.20. The number of hydrogen-bond donors (Lipinski definition) is 0. The van der Waals surface area contributed by atoms with Crippen molar-refractivity contribution >= 4 is 5.91 Å². The van der Waals surface area contributed by atoms with Gasteiger partial charge in [-0.1, -0.05) is 6.92 Å². The van der Waals surface area contributed by atoms with Crippen molar-refractivity contribution in [2.75, 3.05) is 19.7 Å². The highest BCUT2D eigenvalue weighted by Crippen LogP contribution is 2.30. The summed E-state index contributed by atoms with van der Waals surface area (Å²) in [6.45, 7) is 4.68. The quantitative estimate of drug-likeness (QED) is 0.862. The summed E-state index contributed by atoms with van der Waals surface area (Å²) in [7, 11) is 0. The molecule has 1 aromatic rings. The number of piperidine rings is 1. The number of carbonyl (C=O) groups excluding carboxylic acids is 1. The van der Waals surface area contributed by atoms with E-state index >= 15 is 0 Å². The maximum atomic E-state index is 12.8. The van der Waals surface area contributed by atoms with Crippen LogP contribution in [-0.4, -0.2) is 41.6 Å². The van der Waals surface area contributed by atoms with E-state index in [0.717, 1.165) is 51.8 Å². The van der Waals surface area contributed by atoms with Gasteiger partial charge in [0.2, 0.25) is 5.91 Å². The third-order valence-electron chi connectivity index (χ3n) is 5.14. The highest BCUT2D eigenvalue weighted by atomic mass is 16.5. The predicted octanol–water partition coefficient (Wildman–Crippen LogP) is 2.99. The van der Waals surface area contributed by atoms with Gasteiger partial charge in [0.05, 0.1) is 12.0 Å². The van der Waals surface area contributed by atoms with Crippen LogP contribution in [0.5, 0.6) is 0 Å². The first-order chi connectivity index (χ1) is 10.8. The van der Waals surface area contributed by atoms with Gasteiger partial charge in [0.1, 0.15) is 0 Å². The van der Waals surface area contributed by atoms with Crippen molar-refractivity contribution in [3.05, 3.63) is 30.1 Å². The molecule has 3 rings (SSSR count). The van der Waals surface area contributed by atoms with Crippen molar-refractivity contribution in [1.29, 1.82) is 0 Å². The average molecular weight is 302 g/mol. The van der Waals surface area contributed by atoms with Crippen molar-refractivity contribution in [2.45, 2.75) is 51.0 Å². The Bertz CT molecular complexity index is 483. The number of nitrogens with zero attached hydrogens (tertiary/aromatic N) is 2. The maximum Gasteiger partial charge on any atom is 0.228 e. The lowest BCUT2D eigenvalue weighted by Gasteiger charge is -2.38. The summed E-state index contributed by atoms with van der Waals surface area (Å²) < 4.78 is 5.79. The normalized spacial score (nSPS) is 26.9. The van der Waals surface area contributed by atoms with Crippen LogP contribution in [0.3, 0.4) is 0 Å². The predicted molar refractivity (Wildman–Crippen MR) is 85.5 cm³/mol. The molecule has 0 N–H and O–H groups in total. The number of amides is 1. The number of hydrogen-bond acceptors (Lipinski definition) is 3. The molecule has 2 saturated heterocycles. The molecule has 0 bridgehead atoms. The fourth-order valence-electron chi connectivity index (χ4n) is 3.83. The fourth-order valence-corrected chi connectivity index (χ4v) is 3.83. The molecule has 0 aliphatic carbocycles. The van der Waals surface area contributed by atoms with Crippen molar-refractivity contribution in [2.24, 2.45) is 5.92 Å². The van der Waals surface area contributed by atoms with Gasteiger partial charge in [0.25, 0.3) is 0 Å². The Morgan fingerprint density at radius 1 is 1.27 bits per heavy atom. The smallest absolute Gasteiger partial charge is 0.228 e. The van der Waals surface area contributed by atoms with Gasteiger partial charge in [-0.15, -0.1) is 0 Å². The molecule has 4 heteroatoms. The highest BCUT2D eigenvalue weighted by Gasteiger charge is 2.35. The van der Waals surface area contributed by atoms with Crippen molar-refractivity contribution < 1.29 is 9.53 Å². The molecule has 120 valence electrons. The molecule has 0 saturated carbocycles. The number of rotatable bonds is 3. The third kappa shape index (κ3) is 3.32. The van der Waals surface area contributed by atoms with Crippen molar-refractivity contribution in [3.63, 3.8) is 0 Å². The molecule has 1 aromatic heterocycles. The van der Waals surface area contributed by atoms with Gasteiger partial charge in [-0.2, -0.15) is 0 Å². The Hall–Kier alpha value is -1.42. The molecule has 2 atom stereocenters. The van der Waals surface area contributed by atoms with Crippen LogP contribution >= 0.6 is 0 Å². The van der Waals surface area contributed by atoms with Crippen LogP contribution in [0, 0.1) is 5.92 Å². The molecule has 22 heavy (non-hydrogen) atoms. The van der Waals surface area contributed by atoms with Crippen LogP contribution in [0.15, 0.2) is 24.5 Å². The van der Waals surface area contributed by atoms with Crippen molar-refractivity contribution in [3.8, 4) is 0 Å². The molecule has 0 aromatic carbocycles. The zero-order chi connectivity index (χ0) is 15.4. The van der Waals surface area contributed by atoms with E-state index in [4.69, 9.17) is 4.74 Å². The minimum Gasteiger partial charge on any atom is -0.377 e. The SMILES string of the molecule is CCC1OCCCC1C(=O)N1CCC(c2ccncc2)CC1. The Kier molecular flexibility index (Phi) is 5.08. The lowest BCUT2D eigenvalue weighted by Crippen LogP contribution is -2.46. The van der Waals surface area contributed by atoms with Crippen molar-refractivity contribution in [1.82, 2.24) is 9.88 Å². The molecule has 2 aliphatic rings. The van der Waals surface area contributed by atoms with Crippen LogP contribution in [0.4, 0.5) is 0 Å². The number of pyridine rings is 1. The van der Waals surface area contributed by atoms with Gasteiger partial charge in [0, 0.05) is 32.1 Å². The molecule has 0 spiro atoms. The first kappa shape index (κ1) is 15.5. The lowest BCUT2D eigenvalue weighted by molar-refractivity contribution is -0.146. The Morgan fingerprint density at radius 2 is 2.00 bits per heavy atom. The number of carbonyl (C=O) groups is 1. The number of aromatic nitrogens is 1. The molecule has 1 amide bonds. The Labute approximate surface area is 132 Å². The maximum absolute atomic E-state index is 12.8. The molecular formula is C18H26N2O2. The first-order valence-electron chi connectivity index (χ1n) is 8.60. The number of ether oxygens (including phenoxy) is 1. The average Bonchev–Trinajstić information content (AvgIpc) is 2.62. The monoisotopic (exact) mass is 302 g/mol. The minimum absolute atomic E-state index is 0.0798. The summed E-state index contributed by atoms with van der Waals surface area (Å²) in [4.78, 5) is 19.0. The van der Waals surface area contributed by atoms with Crippen LogP contribution < -0.4 is 0 Å². The fraction of sp³-hybridized carbons (Fsp3) is 0.667. The van der Waals surface area contributed by atoms with Gasteiger partial charge in [-0.3, -0.25) is 9.78 Å². The van der Waals surface area contributed by atoms with E-state index in [1.165, 1.54) is 5.56 Å². The third-order valence-corrected chi connectivity index (χ3v) is 5.14. The van der Waals surface area contributed by atoms with E-state index in [2.05, 4.69) is 28.9 Å². The van der Waals surface area contributed by atoms with E-state index in [9.17, 15) is 4.79 Å². The lowest BCUT2D eigenvalue weighted by atomic mass is 9.87. The second kappa shape index (κ2) is 7.23. The van der Waals surface area contributed by atoms with Gasteiger partial charge < -0.3 is 9.64 Å². The first-order valence-corrected chi connectivity index (χ1v) is 8.60. The zero-order valence-corrected chi connectivity index (χ0v) is 13.4. The van der Waals surface area contributed by atoms with E-state index in [0.29, 0.717) is 11.8 Å². The van der Waals surface area contributed by atoms with Gasteiger partial charge in [0.15, 0.2) is 0 Å². The van der Waals surface area contributed by atoms with E-state index in [-0.39, 0.29) is 12.0 Å². The second-order valence-electron chi connectivity index (χ2n) is 6.45. The summed E-state index contributed by atoms with van der Waals surface area (Å²) >= 11 is 0. The van der Waals surface area contributed by atoms with Crippen LogP contribution in [0.2, 0.25) is 0 Å². The largest absolute Gasteiger partial charge is 0.377 e. The van der Waals surface area contributed by atoms with E-state index < -0.39 is 0 Å². The molecule has 4 nitrogen and oxygen atoms in total. The van der Waals surface area contributed by atoms with Gasteiger partial charge in [-0.25, -0.2) is 0 Å². The summed E-state index contributed by atoms with van der Waals surface area (Å²) in [5.74, 6) is 0.965. The Morgan fingerprint density at radius 3 is 2.68 bits per heavy atom. The van der Waals surface area contributed by atoms with Crippen LogP contribution in [0.25, 0.3) is 0 Å². The topological polar surface area (TPSA) is 42.4 Å². The van der Waals surface area contributed by atoms with E-state index in [1.54, 1.807) is 0 Å². The molecule has 0 radical (unpaired) electrons. The van der Waals surface area contributed by atoms with Gasteiger partial charge >= 0.3 is 0 Å². The molecular weight excluding hydrogens is 276 g/mol. The molecule has 2 aliphatic heterocycles. The second-order valence-corrected chi connectivity index (χ2v) is 6.45. The number of likely N-dealkylation sites (tertiary alicyclic amines) is 1. The summed E-state index contributed by atoms with van der Waals surface area (Å²) in [5.41, 5.74) is 1.36. The highest BCUT2D eigenvalue weighted by molar-refractivity contribution is 5.79. The van der Waals surface area contributed by atoms with Crippen LogP contribution in [0.1, 0.15) is 50.5 Å². The molecule has 2 fully saturated rings. The van der Waals surface area contributed by atoms with E-state index in [1.807, 2.05) is 12.4 Å². The summed E-state index contributed by atoms with van der Waals surface area (Å²) in [5, 5.41) is 0. The molecule has 3 heterocycles. The van der Waals surface area contributed by atoms with Crippen LogP contribution in [-0.2, 0) is 9.53 Å². The summed E-state index contributed by atoms with van der Waals surface area (Å²) in [6.07, 6.45) is 8.89. The zero-order valence-electron chi connectivity index (χ0n) is 13.4. The molecule has 2 unspecified atom stereocenters. The standard InChI is InChI=1S/C18H26N2O2/c1-2-17-16(4-3-13-22-17)18(21)20-11-7-15(8-12-20)14-5-9-19-10-6-14/h5-6,9-10,15-17H,2-4,7-8,11-13H2,1H3. The van der Waals surface area contributed by atoms with Gasteiger partial charge in [-0.05, 0) is 55.7 Å². The Balaban J connectivity index is 1.57.